The van der Waals surface area contributed by atoms with E-state index >= 15 is 0 Å². The lowest BCUT2D eigenvalue weighted by molar-refractivity contribution is -0.121. The maximum absolute atomic E-state index is 13.0. The van der Waals surface area contributed by atoms with Crippen LogP contribution in [0, 0.1) is 58.2 Å². The molecule has 0 heterocycles. The van der Waals surface area contributed by atoms with Crippen LogP contribution >= 0.6 is 11.6 Å². The fraction of sp³-hybridized carbons (Fsp3) is 0.525. The van der Waals surface area contributed by atoms with E-state index < -0.39 is 26.2 Å². The Kier molecular flexibility index (Phi) is 17.1. The van der Waals surface area contributed by atoms with Crippen molar-refractivity contribution >= 4 is 54.3 Å². The predicted molar refractivity (Wildman–Crippen MR) is 286 cm³/mol. The third kappa shape index (κ3) is 11.4. The summed E-state index contributed by atoms with van der Waals surface area (Å²) < 4.78 is 12.0. The van der Waals surface area contributed by atoms with Crippen molar-refractivity contribution in [3.63, 3.8) is 0 Å². The van der Waals surface area contributed by atoms with Crippen LogP contribution in [-0.2, 0) is 13.2 Å². The van der Waals surface area contributed by atoms with Crippen molar-refractivity contribution in [2.24, 2.45) is 58.2 Å². The van der Waals surface area contributed by atoms with E-state index in [1.807, 2.05) is 0 Å². The summed E-state index contributed by atoms with van der Waals surface area (Å²) in [5.41, 5.74) is 3.49. The summed E-state index contributed by atoms with van der Waals surface area (Å²) in [6.45, 7) is 12.3. The molecule has 0 radical (unpaired) electrons. The van der Waals surface area contributed by atoms with E-state index in [9.17, 15) is 39.9 Å². The van der Waals surface area contributed by atoms with Crippen LogP contribution in [0.5, 0.6) is 11.5 Å². The number of rotatable bonds is 20. The van der Waals surface area contributed by atoms with Gasteiger partial charge in [0, 0.05) is 0 Å². The van der Waals surface area contributed by atoms with Crippen molar-refractivity contribution in [2.75, 3.05) is 0 Å². The second-order valence-electron chi connectivity index (χ2n) is 22.9. The van der Waals surface area contributed by atoms with Gasteiger partial charge in [0.15, 0.2) is 5.75 Å². The Balaban J connectivity index is 1.03. The molecule has 2 unspecified atom stereocenters. The molecule has 4 aliphatic carbocycles. The molecule has 0 aromatic heterocycles. The fourth-order valence-electron chi connectivity index (χ4n) is 14.7. The molecular formula is C59H75B2ClO10. The summed E-state index contributed by atoms with van der Waals surface area (Å²) in [5.74, 6) is 3.59. The number of hydrogen-bond acceptors (Lipinski definition) is 8. The number of aromatic carboxylic acids is 2. The molecule has 4 aliphatic rings. The first kappa shape index (κ1) is 53.7. The number of hydrogen-bond donors (Lipinski definition) is 6. The zero-order valence-electron chi connectivity index (χ0n) is 42.9. The van der Waals surface area contributed by atoms with E-state index in [1.165, 1.54) is 89.2 Å². The molecule has 0 aliphatic heterocycles. The van der Waals surface area contributed by atoms with Crippen LogP contribution in [-0.4, -0.2) is 56.5 Å². The van der Waals surface area contributed by atoms with Gasteiger partial charge >= 0.3 is 26.2 Å². The number of carboxylic acid groups (broad SMARTS) is 2. The Labute approximate surface area is 432 Å². The predicted octanol–water partition coefficient (Wildman–Crippen LogP) is 11.2. The third-order valence-electron chi connectivity index (χ3n) is 18.4. The standard InChI is InChI=1S/C59H75B2ClO10/c1-36(2)12-10-13-37(3)48-23-24-49-45-22-21-43-30-38(26-28-58(43,4)50(45)27-29-59(48,49)5)14-11-17-44(39-20-25-54(46(31-39)56(63)64)71-34-40-15-6-8-18-51(40)60(67)68)42-32-47(57(65)66)55(53(62)33-42)72-35-41-16-7-9-19-52(41)61(69)70/h6-9,15-20,25,31-33,36-38,43,45,48-50,67-70H,10-14,21-24,26-30,34-35H2,1-5H3,(H,63,64)(H,65,66)/b44-17+/t37-,38?,43?,45+,48-,49+,50+,58+,59-/m1/s1. The van der Waals surface area contributed by atoms with Gasteiger partial charge in [0.2, 0.25) is 0 Å². The molecule has 0 bridgehead atoms. The quantitative estimate of drug-likeness (QED) is 0.0468. The van der Waals surface area contributed by atoms with Crippen molar-refractivity contribution in [1.29, 1.82) is 0 Å². The molecule has 10 nitrogen and oxygen atoms in total. The highest BCUT2D eigenvalue weighted by molar-refractivity contribution is 6.59. The van der Waals surface area contributed by atoms with Crippen molar-refractivity contribution in [1.82, 2.24) is 0 Å². The summed E-state index contributed by atoms with van der Waals surface area (Å²) in [7, 11) is -3.49. The number of benzene rings is 4. The van der Waals surface area contributed by atoms with Gasteiger partial charge in [0.25, 0.3) is 0 Å². The highest BCUT2D eigenvalue weighted by Gasteiger charge is 2.60. The highest BCUT2D eigenvalue weighted by Crippen LogP contribution is 2.69. The molecule has 6 N–H and O–H groups in total. The van der Waals surface area contributed by atoms with Crippen LogP contribution in [0.15, 0.2) is 84.9 Å². The number of halogens is 1. The average Bonchev–Trinajstić information content (AvgIpc) is 3.71. The molecule has 4 aromatic carbocycles. The van der Waals surface area contributed by atoms with Crippen molar-refractivity contribution in [2.45, 2.75) is 138 Å². The lowest BCUT2D eigenvalue weighted by Gasteiger charge is -2.61. The van der Waals surface area contributed by atoms with Crippen molar-refractivity contribution < 1.29 is 49.4 Å². The summed E-state index contributed by atoms with van der Waals surface area (Å²) in [5, 5.41) is 60.9. The van der Waals surface area contributed by atoms with Crippen LogP contribution in [0.4, 0.5) is 0 Å². The Morgan fingerprint density at radius 1 is 0.722 bits per heavy atom. The van der Waals surface area contributed by atoms with E-state index in [0.717, 1.165) is 41.9 Å². The van der Waals surface area contributed by atoms with Crippen LogP contribution in [0.2, 0.25) is 5.02 Å². The maximum atomic E-state index is 13.0. The van der Waals surface area contributed by atoms with Gasteiger partial charge < -0.3 is 39.8 Å². The first-order chi connectivity index (χ1) is 34.4. The molecule has 4 aromatic rings. The lowest BCUT2D eigenvalue weighted by atomic mass is 9.44. The van der Waals surface area contributed by atoms with Gasteiger partial charge in [0.05, 0.1) is 5.02 Å². The normalized spacial score (nSPS) is 26.3. The minimum absolute atomic E-state index is 0.0236. The fourth-order valence-corrected chi connectivity index (χ4v) is 15.0. The van der Waals surface area contributed by atoms with Gasteiger partial charge in [-0.25, -0.2) is 9.59 Å². The van der Waals surface area contributed by atoms with Crippen molar-refractivity contribution in [3.8, 4) is 11.5 Å². The number of ether oxygens (including phenoxy) is 2. The Bertz CT molecular complexity index is 2600. The molecule has 4 fully saturated rings. The zero-order chi connectivity index (χ0) is 51.5. The molecule has 13 heteroatoms. The SMILES string of the molecule is CC(C)CCC[C@@H](C)[C@H]1CC[C@H]2[C@@H]3CCC4CC(CC/C=C(\c5ccc(OCc6ccccc6B(O)O)c(C(=O)O)c5)c5cc(Cl)c(OCc6ccccc6B(O)O)c(C(=O)O)c5)CC[C@]4(C)[C@H]3CC[C@]12C. The third-order valence-corrected chi connectivity index (χ3v) is 18.7. The summed E-state index contributed by atoms with van der Waals surface area (Å²) in [6, 6.07) is 21.2. The lowest BCUT2D eigenvalue weighted by Crippen LogP contribution is -2.53. The summed E-state index contributed by atoms with van der Waals surface area (Å²) in [4.78, 5) is 25.9. The number of carbonyl (C=O) groups is 2. The zero-order valence-corrected chi connectivity index (χ0v) is 43.6. The topological polar surface area (TPSA) is 174 Å². The molecule has 9 atom stereocenters. The van der Waals surface area contributed by atoms with Crippen molar-refractivity contribution in [3.05, 3.63) is 123 Å². The summed E-state index contributed by atoms with van der Waals surface area (Å²) in [6.07, 6.45) is 19.5. The van der Waals surface area contributed by atoms with E-state index in [4.69, 9.17) is 21.1 Å². The molecule has 8 rings (SSSR count). The van der Waals surface area contributed by atoms with Crippen LogP contribution in [0.25, 0.3) is 5.57 Å². The van der Waals surface area contributed by atoms with Gasteiger partial charge in [-0.2, -0.15) is 0 Å². The maximum Gasteiger partial charge on any atom is 0.488 e. The molecule has 0 amide bonds. The van der Waals surface area contributed by atoms with Gasteiger partial charge in [-0.05, 0) is 192 Å². The molecule has 0 spiro atoms. The number of carboxylic acids is 2. The van der Waals surface area contributed by atoms with Gasteiger partial charge in [-0.3, -0.25) is 0 Å². The van der Waals surface area contributed by atoms with Gasteiger partial charge in [-0.1, -0.05) is 126 Å². The van der Waals surface area contributed by atoms with Gasteiger partial charge in [-0.15, -0.1) is 0 Å². The second kappa shape index (κ2) is 22.9. The Morgan fingerprint density at radius 2 is 1.35 bits per heavy atom. The molecule has 384 valence electrons. The summed E-state index contributed by atoms with van der Waals surface area (Å²) >= 11 is 6.92. The molecule has 0 saturated heterocycles. The first-order valence-corrected chi connectivity index (χ1v) is 27.1. The van der Waals surface area contributed by atoms with E-state index in [2.05, 4.69) is 40.7 Å². The largest absolute Gasteiger partial charge is 0.488 e. The molecule has 72 heavy (non-hydrogen) atoms. The van der Waals surface area contributed by atoms with E-state index in [1.54, 1.807) is 66.7 Å². The van der Waals surface area contributed by atoms with E-state index in [0.29, 0.717) is 56.9 Å². The minimum Gasteiger partial charge on any atom is -0.488 e. The number of allylic oxidation sites excluding steroid dienone is 1. The highest BCUT2D eigenvalue weighted by atomic mass is 35.5. The minimum atomic E-state index is -1.76. The smallest absolute Gasteiger partial charge is 0.488 e. The number of fused-ring (bicyclic) bond motifs is 5. The second-order valence-corrected chi connectivity index (χ2v) is 23.3. The first-order valence-electron chi connectivity index (χ1n) is 26.7. The van der Waals surface area contributed by atoms with Gasteiger partial charge in [0.1, 0.15) is 30.1 Å². The average molecular weight is 1000 g/mol. The van der Waals surface area contributed by atoms with Crippen LogP contribution in [0.1, 0.15) is 167 Å². The molecular weight excluding hydrogens is 926 g/mol. The van der Waals surface area contributed by atoms with E-state index in [-0.39, 0.29) is 51.8 Å². The Hall–Kier alpha value is -4.58. The van der Waals surface area contributed by atoms with Crippen LogP contribution in [0.3, 0.4) is 0 Å². The van der Waals surface area contributed by atoms with Crippen LogP contribution < -0.4 is 20.4 Å². The molecule has 4 saturated carbocycles. The Morgan fingerprint density at radius 3 is 2.00 bits per heavy atom. The monoisotopic (exact) mass is 1000 g/mol.